The molecule has 4 rings (SSSR count). The van der Waals surface area contributed by atoms with Crippen molar-refractivity contribution in [3.63, 3.8) is 0 Å². The molecular weight excluding hydrogens is 390 g/mol. The first-order valence-corrected chi connectivity index (χ1v) is 10.9. The van der Waals surface area contributed by atoms with Gasteiger partial charge in [-0.2, -0.15) is 9.57 Å². The van der Waals surface area contributed by atoms with Gasteiger partial charge in [-0.1, -0.05) is 23.9 Å². The lowest BCUT2D eigenvalue weighted by Crippen LogP contribution is -2.39. The van der Waals surface area contributed by atoms with Crippen LogP contribution in [0.4, 0.5) is 0 Å². The highest BCUT2D eigenvalue weighted by molar-refractivity contribution is 7.89. The molecule has 9 heteroatoms. The zero-order chi connectivity index (χ0) is 20.4. The third-order valence-electron chi connectivity index (χ3n) is 5.08. The smallest absolute Gasteiger partial charge is 0.243 e. The minimum Gasteiger partial charge on any atom is -0.390 e. The van der Waals surface area contributed by atoms with E-state index in [9.17, 15) is 8.42 Å². The van der Waals surface area contributed by atoms with Crippen molar-refractivity contribution in [2.24, 2.45) is 5.92 Å². The van der Waals surface area contributed by atoms with Crippen molar-refractivity contribution >= 4 is 21.1 Å². The molecule has 0 saturated carbocycles. The summed E-state index contributed by atoms with van der Waals surface area (Å²) in [6.45, 7) is 3.36. The Labute approximate surface area is 169 Å². The van der Waals surface area contributed by atoms with Crippen LogP contribution in [0.3, 0.4) is 0 Å². The van der Waals surface area contributed by atoms with E-state index in [4.69, 9.17) is 10.1 Å². The van der Waals surface area contributed by atoms with Gasteiger partial charge in [0.1, 0.15) is 17.6 Å². The van der Waals surface area contributed by atoms with Crippen LogP contribution in [0.5, 0.6) is 0 Å². The van der Waals surface area contributed by atoms with E-state index in [-0.39, 0.29) is 11.5 Å². The molecule has 1 saturated heterocycles. The molecule has 2 heterocycles. The fourth-order valence-corrected chi connectivity index (χ4v) is 5.08. The molecule has 0 unspecified atom stereocenters. The third-order valence-corrected chi connectivity index (χ3v) is 6.94. The number of hydrogen-bond donors (Lipinski definition) is 0. The second-order valence-corrected chi connectivity index (χ2v) is 9.24. The lowest BCUT2D eigenvalue weighted by molar-refractivity contribution is 0.0751. The van der Waals surface area contributed by atoms with Crippen molar-refractivity contribution in [2.75, 3.05) is 13.1 Å². The van der Waals surface area contributed by atoms with Crippen molar-refractivity contribution in [2.45, 2.75) is 31.3 Å². The van der Waals surface area contributed by atoms with Crippen molar-refractivity contribution < 1.29 is 13.3 Å². The Bertz CT molecular complexity index is 1170. The zero-order valence-corrected chi connectivity index (χ0v) is 16.8. The molecule has 8 nitrogen and oxygen atoms in total. The number of piperidine rings is 1. The number of aromatic nitrogens is 3. The van der Waals surface area contributed by atoms with Gasteiger partial charge in [-0.05, 0) is 59.9 Å². The van der Waals surface area contributed by atoms with Gasteiger partial charge in [0, 0.05) is 13.1 Å². The minimum absolute atomic E-state index is 0.213. The molecule has 1 atom stereocenters. The Morgan fingerprint density at radius 1 is 1.24 bits per heavy atom. The van der Waals surface area contributed by atoms with Crippen molar-refractivity contribution in [3.8, 4) is 6.07 Å². The molecule has 0 spiro atoms. The van der Waals surface area contributed by atoms with Crippen LogP contribution in [0.15, 0.2) is 47.4 Å². The predicted molar refractivity (Wildman–Crippen MR) is 106 cm³/mol. The van der Waals surface area contributed by atoms with E-state index in [0.29, 0.717) is 35.6 Å². The van der Waals surface area contributed by atoms with Crippen LogP contribution in [-0.2, 0) is 16.6 Å². The Kier molecular flexibility index (Phi) is 5.22. The maximum Gasteiger partial charge on any atom is 0.243 e. The number of nitriles is 1. The first kappa shape index (κ1) is 19.4. The molecule has 3 aromatic rings. The van der Waals surface area contributed by atoms with Crippen LogP contribution in [0.25, 0.3) is 11.0 Å². The Morgan fingerprint density at radius 2 is 2.03 bits per heavy atom. The van der Waals surface area contributed by atoms with Crippen molar-refractivity contribution in [1.29, 1.82) is 5.26 Å². The van der Waals surface area contributed by atoms with Gasteiger partial charge < -0.3 is 4.84 Å². The lowest BCUT2D eigenvalue weighted by Gasteiger charge is -2.30. The van der Waals surface area contributed by atoms with E-state index in [0.717, 1.165) is 18.4 Å². The van der Waals surface area contributed by atoms with Gasteiger partial charge in [-0.15, -0.1) is 5.10 Å². The number of rotatable bonds is 5. The molecule has 29 heavy (non-hydrogen) atoms. The molecule has 0 N–H and O–H groups in total. The predicted octanol–water partition coefficient (Wildman–Crippen LogP) is 2.35. The average Bonchev–Trinajstić information content (AvgIpc) is 3.15. The quantitative estimate of drug-likeness (QED) is 0.639. The van der Waals surface area contributed by atoms with Crippen molar-refractivity contribution in [3.05, 3.63) is 53.6 Å². The standard InChI is InChI=1S/C20H21N5O3S/c1-15-3-2-10-24(13-15)29(26,27)18-8-9-19-20(11-18)25(23-22-19)28-14-17-6-4-16(12-21)5-7-17/h4-9,11,15H,2-3,10,13-14H2,1H3/t15-/m1/s1. The first-order chi connectivity index (χ1) is 14.0. The van der Waals surface area contributed by atoms with Crippen LogP contribution in [0.1, 0.15) is 30.9 Å². The minimum atomic E-state index is -3.58. The van der Waals surface area contributed by atoms with Gasteiger partial charge >= 0.3 is 0 Å². The monoisotopic (exact) mass is 411 g/mol. The Balaban J connectivity index is 1.58. The van der Waals surface area contributed by atoms with Gasteiger partial charge in [-0.3, -0.25) is 0 Å². The summed E-state index contributed by atoms with van der Waals surface area (Å²) in [7, 11) is -3.58. The van der Waals surface area contributed by atoms with E-state index < -0.39 is 10.0 Å². The largest absolute Gasteiger partial charge is 0.390 e. The molecule has 0 bridgehead atoms. The summed E-state index contributed by atoms with van der Waals surface area (Å²) in [5.74, 6) is 0.352. The second-order valence-electron chi connectivity index (χ2n) is 7.31. The molecule has 0 aliphatic carbocycles. The number of hydrogen-bond acceptors (Lipinski definition) is 6. The highest BCUT2D eigenvalue weighted by atomic mass is 32.2. The number of benzene rings is 2. The molecule has 1 fully saturated rings. The molecule has 1 aliphatic rings. The lowest BCUT2D eigenvalue weighted by atomic mass is 10.0. The van der Waals surface area contributed by atoms with Crippen molar-refractivity contribution in [1.82, 2.24) is 19.5 Å². The SMILES string of the molecule is C[C@@H]1CCCN(S(=O)(=O)c2ccc3nnn(OCc4ccc(C#N)cc4)c3c2)C1. The summed E-state index contributed by atoms with van der Waals surface area (Å²) in [6, 6.07) is 13.9. The second kappa shape index (κ2) is 7.81. The van der Waals surface area contributed by atoms with Gasteiger partial charge in [0.05, 0.1) is 16.5 Å². The van der Waals surface area contributed by atoms with Gasteiger partial charge in [0.2, 0.25) is 10.0 Å². The van der Waals surface area contributed by atoms with E-state index in [1.807, 2.05) is 0 Å². The fraction of sp³-hybridized carbons (Fsp3) is 0.350. The highest BCUT2D eigenvalue weighted by Crippen LogP contribution is 2.25. The molecule has 0 radical (unpaired) electrons. The first-order valence-electron chi connectivity index (χ1n) is 9.45. The Hall–Kier alpha value is -2.96. The molecule has 1 aliphatic heterocycles. The van der Waals surface area contributed by atoms with E-state index in [2.05, 4.69) is 23.3 Å². The fourth-order valence-electron chi connectivity index (χ4n) is 3.46. The van der Waals surface area contributed by atoms with E-state index in [1.165, 1.54) is 4.85 Å². The normalized spacial score (nSPS) is 17.9. The number of sulfonamides is 1. The zero-order valence-electron chi connectivity index (χ0n) is 16.0. The van der Waals surface area contributed by atoms with Crippen LogP contribution in [0, 0.1) is 17.2 Å². The molecular formula is C20H21N5O3S. The molecule has 1 aromatic heterocycles. The number of fused-ring (bicyclic) bond motifs is 1. The summed E-state index contributed by atoms with van der Waals surface area (Å²) in [5.41, 5.74) is 2.47. The summed E-state index contributed by atoms with van der Waals surface area (Å²) < 4.78 is 27.7. The van der Waals surface area contributed by atoms with E-state index >= 15 is 0 Å². The summed E-state index contributed by atoms with van der Waals surface area (Å²) in [4.78, 5) is 7.15. The van der Waals surface area contributed by atoms with Crippen LogP contribution >= 0.6 is 0 Å². The van der Waals surface area contributed by atoms with Crippen LogP contribution in [0.2, 0.25) is 0 Å². The summed E-state index contributed by atoms with van der Waals surface area (Å²) in [5, 5.41) is 16.9. The van der Waals surface area contributed by atoms with E-state index in [1.54, 1.807) is 46.8 Å². The summed E-state index contributed by atoms with van der Waals surface area (Å²) >= 11 is 0. The van der Waals surface area contributed by atoms with Gasteiger partial charge in [-0.25, -0.2) is 8.42 Å². The van der Waals surface area contributed by atoms with Gasteiger partial charge in [0.25, 0.3) is 0 Å². The molecule has 150 valence electrons. The third kappa shape index (κ3) is 3.95. The molecule has 0 amide bonds. The highest BCUT2D eigenvalue weighted by Gasteiger charge is 2.29. The topological polar surface area (TPSA) is 101 Å². The average molecular weight is 411 g/mol. The maximum absolute atomic E-state index is 13.1. The van der Waals surface area contributed by atoms with Gasteiger partial charge in [0.15, 0.2) is 0 Å². The van der Waals surface area contributed by atoms with Crippen LogP contribution < -0.4 is 4.84 Å². The number of nitrogens with zero attached hydrogens (tertiary/aromatic N) is 5. The summed E-state index contributed by atoms with van der Waals surface area (Å²) in [6.07, 6.45) is 1.92. The Morgan fingerprint density at radius 3 is 2.76 bits per heavy atom. The van der Waals surface area contributed by atoms with Crippen LogP contribution in [-0.4, -0.2) is 41.0 Å². The maximum atomic E-state index is 13.1. The molecule has 2 aromatic carbocycles.